The van der Waals surface area contributed by atoms with Crippen LogP contribution in [0.1, 0.15) is 277 Å². The van der Waals surface area contributed by atoms with Crippen molar-refractivity contribution in [3.8, 4) is 0 Å². The van der Waals surface area contributed by atoms with Crippen LogP contribution in [0.2, 0.25) is 0 Å². The van der Waals surface area contributed by atoms with Crippen LogP contribution in [-0.4, -0.2) is 34.9 Å². The number of nitrogens with one attached hydrogen (secondary N) is 1. The quantitative estimate of drug-likeness (QED) is 0.0421. The summed E-state index contributed by atoms with van der Waals surface area (Å²) in [6.45, 7) is 4.24. The molecule has 0 saturated heterocycles. The van der Waals surface area contributed by atoms with Crippen molar-refractivity contribution in [3.05, 3.63) is 85.1 Å². The molecule has 0 spiro atoms. The number of aliphatic hydroxyl groups is 2. The lowest BCUT2D eigenvalue weighted by atomic mass is 10.0. The van der Waals surface area contributed by atoms with E-state index >= 15 is 0 Å². The van der Waals surface area contributed by atoms with E-state index in [2.05, 4.69) is 104 Å². The molecule has 0 fully saturated rings. The Morgan fingerprint density at radius 2 is 0.677 bits per heavy atom. The highest BCUT2D eigenvalue weighted by molar-refractivity contribution is 5.76. The molecule has 0 aromatic carbocycles. The van der Waals surface area contributed by atoms with E-state index in [0.717, 1.165) is 70.6 Å². The molecule has 1 amide bonds. The molecule has 0 radical (unpaired) electrons. The minimum absolute atomic E-state index is 0.0309. The number of rotatable bonds is 51. The first-order valence-electron chi connectivity index (χ1n) is 28.3. The smallest absolute Gasteiger partial charge is 0.220 e. The van der Waals surface area contributed by atoms with Crippen molar-refractivity contribution >= 4 is 5.91 Å². The predicted octanol–water partition coefficient (Wildman–Crippen LogP) is 18.8. The summed E-state index contributed by atoms with van der Waals surface area (Å²) in [6, 6.07) is -0.536. The molecule has 65 heavy (non-hydrogen) atoms. The second-order valence-electron chi connectivity index (χ2n) is 19.0. The van der Waals surface area contributed by atoms with Gasteiger partial charge in [-0.25, -0.2) is 0 Å². The first-order valence-corrected chi connectivity index (χ1v) is 28.3. The zero-order valence-electron chi connectivity index (χ0n) is 43.2. The van der Waals surface area contributed by atoms with Crippen LogP contribution in [-0.2, 0) is 4.79 Å². The highest BCUT2D eigenvalue weighted by atomic mass is 16.3. The van der Waals surface area contributed by atoms with Gasteiger partial charge in [0.15, 0.2) is 0 Å². The lowest BCUT2D eigenvalue weighted by Crippen LogP contribution is -2.45. The van der Waals surface area contributed by atoms with Gasteiger partial charge < -0.3 is 15.5 Å². The zero-order valence-corrected chi connectivity index (χ0v) is 43.2. The summed E-state index contributed by atoms with van der Waals surface area (Å²) in [6.07, 6.45) is 81.5. The van der Waals surface area contributed by atoms with E-state index in [-0.39, 0.29) is 12.5 Å². The van der Waals surface area contributed by atoms with Gasteiger partial charge in [0.1, 0.15) is 0 Å². The van der Waals surface area contributed by atoms with Crippen LogP contribution in [0.25, 0.3) is 0 Å². The third-order valence-corrected chi connectivity index (χ3v) is 12.7. The van der Waals surface area contributed by atoms with Gasteiger partial charge in [0.05, 0.1) is 18.8 Å². The Morgan fingerprint density at radius 1 is 0.385 bits per heavy atom. The first-order chi connectivity index (χ1) is 32.2. The fraction of sp³-hybridized carbons (Fsp3) is 0.754. The van der Waals surface area contributed by atoms with Gasteiger partial charge in [-0.05, 0) is 70.6 Å². The van der Waals surface area contributed by atoms with Crippen molar-refractivity contribution in [2.75, 3.05) is 6.61 Å². The molecule has 0 heterocycles. The average Bonchev–Trinajstić information content (AvgIpc) is 3.31. The van der Waals surface area contributed by atoms with Crippen LogP contribution in [0, 0.1) is 0 Å². The largest absolute Gasteiger partial charge is 0.394 e. The van der Waals surface area contributed by atoms with Crippen molar-refractivity contribution in [1.29, 1.82) is 0 Å². The van der Waals surface area contributed by atoms with E-state index in [1.54, 1.807) is 0 Å². The maximum Gasteiger partial charge on any atom is 0.220 e. The standard InChI is InChI=1S/C61H109NO3/c1-3-5-7-9-11-13-15-17-18-19-20-21-22-23-24-25-26-27-28-29-30-31-32-33-34-35-36-37-38-39-40-41-42-43-44-45-47-49-51-53-55-57-61(65)62-59(58-63)60(64)56-54-52-50-48-46-16-14-12-10-8-6-4-2/h5,7,11,13,17-18,20-21,23-24,26-27,29-30,59-60,63-64H,3-4,6,8-10,12,14-16,19,22,25,28,31-58H2,1-2H3,(H,62,65)/b7-5-,13-11-,18-17-,21-20-,24-23-,27-26-,30-29-. The van der Waals surface area contributed by atoms with E-state index in [4.69, 9.17) is 0 Å². The number of aliphatic hydroxyl groups excluding tert-OH is 2. The van der Waals surface area contributed by atoms with Crippen LogP contribution in [0.3, 0.4) is 0 Å². The molecule has 2 atom stereocenters. The van der Waals surface area contributed by atoms with Gasteiger partial charge in [0.25, 0.3) is 0 Å². The van der Waals surface area contributed by atoms with Crippen LogP contribution in [0.15, 0.2) is 85.1 Å². The molecule has 3 N–H and O–H groups in total. The molecule has 0 bridgehead atoms. The average molecular weight is 905 g/mol. The highest BCUT2D eigenvalue weighted by Gasteiger charge is 2.20. The molecule has 4 heteroatoms. The first kappa shape index (κ1) is 62.6. The number of allylic oxidation sites excluding steroid dienone is 14. The summed E-state index contributed by atoms with van der Waals surface area (Å²) in [7, 11) is 0. The summed E-state index contributed by atoms with van der Waals surface area (Å²) < 4.78 is 0. The van der Waals surface area contributed by atoms with Crippen LogP contribution in [0.5, 0.6) is 0 Å². The minimum atomic E-state index is -0.659. The Morgan fingerprint density at radius 3 is 1.02 bits per heavy atom. The fourth-order valence-corrected chi connectivity index (χ4v) is 8.40. The van der Waals surface area contributed by atoms with Gasteiger partial charge in [-0.1, -0.05) is 285 Å². The third kappa shape index (κ3) is 52.4. The molecule has 0 aliphatic heterocycles. The Bertz CT molecular complexity index is 1160. The molecule has 0 aliphatic carbocycles. The van der Waals surface area contributed by atoms with Crippen LogP contribution >= 0.6 is 0 Å². The van der Waals surface area contributed by atoms with Gasteiger partial charge in [-0.2, -0.15) is 0 Å². The molecule has 0 saturated carbocycles. The number of carbonyl (C=O) groups excluding carboxylic acids is 1. The molecule has 2 unspecified atom stereocenters. The van der Waals surface area contributed by atoms with Crippen molar-refractivity contribution in [2.24, 2.45) is 0 Å². The lowest BCUT2D eigenvalue weighted by Gasteiger charge is -2.22. The normalized spacial score (nSPS) is 13.5. The molecule has 0 aromatic rings. The van der Waals surface area contributed by atoms with E-state index < -0.39 is 12.1 Å². The van der Waals surface area contributed by atoms with Gasteiger partial charge in [-0.3, -0.25) is 4.79 Å². The summed E-state index contributed by atoms with van der Waals surface area (Å²) in [5.41, 5.74) is 0. The number of unbranched alkanes of at least 4 members (excludes halogenated alkanes) is 30. The van der Waals surface area contributed by atoms with E-state index in [9.17, 15) is 15.0 Å². The van der Waals surface area contributed by atoms with Crippen molar-refractivity contribution < 1.29 is 15.0 Å². The van der Waals surface area contributed by atoms with Gasteiger partial charge in [-0.15, -0.1) is 0 Å². The van der Waals surface area contributed by atoms with E-state index in [1.165, 1.54) is 180 Å². The predicted molar refractivity (Wildman–Crippen MR) is 290 cm³/mol. The van der Waals surface area contributed by atoms with Gasteiger partial charge in [0, 0.05) is 6.42 Å². The van der Waals surface area contributed by atoms with Crippen molar-refractivity contribution in [2.45, 2.75) is 289 Å². The van der Waals surface area contributed by atoms with E-state index in [1.807, 2.05) is 0 Å². The van der Waals surface area contributed by atoms with Crippen molar-refractivity contribution in [1.82, 2.24) is 5.32 Å². The number of carbonyl (C=O) groups is 1. The monoisotopic (exact) mass is 904 g/mol. The molecule has 4 nitrogen and oxygen atoms in total. The Labute approximate surface area is 405 Å². The highest BCUT2D eigenvalue weighted by Crippen LogP contribution is 2.17. The van der Waals surface area contributed by atoms with Gasteiger partial charge >= 0.3 is 0 Å². The third-order valence-electron chi connectivity index (χ3n) is 12.7. The van der Waals surface area contributed by atoms with Crippen LogP contribution in [0.4, 0.5) is 0 Å². The zero-order chi connectivity index (χ0) is 47.0. The molecular formula is C61H109NO3. The number of hydrogen-bond acceptors (Lipinski definition) is 3. The molecule has 0 aliphatic rings. The maximum absolute atomic E-state index is 12.4. The van der Waals surface area contributed by atoms with E-state index in [0.29, 0.717) is 12.8 Å². The fourth-order valence-electron chi connectivity index (χ4n) is 8.40. The maximum atomic E-state index is 12.4. The second-order valence-corrected chi connectivity index (χ2v) is 19.0. The lowest BCUT2D eigenvalue weighted by molar-refractivity contribution is -0.123. The Kier molecular flexibility index (Phi) is 53.8. The summed E-state index contributed by atoms with van der Waals surface area (Å²) >= 11 is 0. The molecule has 0 rings (SSSR count). The molecule has 0 aromatic heterocycles. The SMILES string of the molecule is CC/C=C\C/C=C\C/C=C\C/C=C\C/C=C\C/C=C\C/C=C\CCCCCCCCCCCCCCCCCCCCCC(=O)NC(CO)C(O)CCCCCCCCCCCCCC. The number of amides is 1. The second kappa shape index (κ2) is 55.9. The van der Waals surface area contributed by atoms with Crippen LogP contribution < -0.4 is 5.32 Å². The Balaban J connectivity index is 3.44. The van der Waals surface area contributed by atoms with Crippen molar-refractivity contribution in [3.63, 3.8) is 0 Å². The molecule has 376 valence electrons. The number of hydrogen-bond donors (Lipinski definition) is 3. The minimum Gasteiger partial charge on any atom is -0.394 e. The Hall–Kier alpha value is -2.43. The molecular weight excluding hydrogens is 795 g/mol. The summed E-state index contributed by atoms with van der Waals surface area (Å²) in [5.74, 6) is -0.0309. The summed E-state index contributed by atoms with van der Waals surface area (Å²) in [4.78, 5) is 12.4. The topological polar surface area (TPSA) is 69.6 Å². The van der Waals surface area contributed by atoms with Gasteiger partial charge in [0.2, 0.25) is 5.91 Å². The summed E-state index contributed by atoms with van der Waals surface area (Å²) in [5, 5.41) is 23.2.